The number of hydrogen-bond donors (Lipinski definition) is 2. The number of nitrogen functional groups attached to an aromatic ring is 2. The molecule has 0 radical (unpaired) electrons. The van der Waals surface area contributed by atoms with Crippen molar-refractivity contribution in [1.29, 1.82) is 0 Å². The van der Waals surface area contributed by atoms with Crippen LogP contribution >= 0.6 is 0 Å². The molecule has 0 bridgehead atoms. The third kappa shape index (κ3) is 2.64. The molecule has 2 nitrogen and oxygen atoms in total. The molecule has 2 rings (SSSR count). The molecule has 80 valence electrons. The van der Waals surface area contributed by atoms with Gasteiger partial charge < -0.3 is 11.5 Å². The van der Waals surface area contributed by atoms with E-state index in [4.69, 9.17) is 11.5 Å². The molecule has 0 saturated heterocycles. The van der Waals surface area contributed by atoms with Gasteiger partial charge in [-0.15, -0.1) is 0 Å². The monoisotopic (exact) mass is 210 g/mol. The summed E-state index contributed by atoms with van der Waals surface area (Å²) in [6, 6.07) is 15.7. The van der Waals surface area contributed by atoms with Gasteiger partial charge in [0.25, 0.3) is 0 Å². The van der Waals surface area contributed by atoms with Gasteiger partial charge in [0.2, 0.25) is 0 Å². The van der Waals surface area contributed by atoms with E-state index in [-0.39, 0.29) is 0 Å². The molecule has 0 saturated carbocycles. The minimum absolute atomic E-state index is 0.688. The number of benzene rings is 2. The van der Waals surface area contributed by atoms with Crippen molar-refractivity contribution in [2.75, 3.05) is 11.5 Å². The average molecular weight is 210 g/mol. The molecular weight excluding hydrogens is 196 g/mol. The largest absolute Gasteiger partial charge is 0.399 e. The molecular formula is C14H14N2. The Hall–Kier alpha value is -2.22. The summed E-state index contributed by atoms with van der Waals surface area (Å²) in [7, 11) is 0. The normalized spacial score (nSPS) is 10.8. The first-order chi connectivity index (χ1) is 7.74. The first-order valence-electron chi connectivity index (χ1n) is 5.13. The molecule has 0 unspecified atom stereocenters. The van der Waals surface area contributed by atoms with E-state index >= 15 is 0 Å². The first-order valence-corrected chi connectivity index (χ1v) is 5.13. The third-order valence-corrected chi connectivity index (χ3v) is 2.27. The number of anilines is 2. The van der Waals surface area contributed by atoms with E-state index in [9.17, 15) is 0 Å². The van der Waals surface area contributed by atoms with Crippen LogP contribution in [0.4, 0.5) is 11.4 Å². The Labute approximate surface area is 95.2 Å². The van der Waals surface area contributed by atoms with Crippen molar-refractivity contribution in [2.45, 2.75) is 0 Å². The second-order valence-electron chi connectivity index (χ2n) is 3.68. The van der Waals surface area contributed by atoms with Crippen LogP contribution in [0.2, 0.25) is 0 Å². The molecule has 0 amide bonds. The lowest BCUT2D eigenvalue weighted by atomic mass is 10.1. The summed E-state index contributed by atoms with van der Waals surface area (Å²) in [5.41, 5.74) is 15.0. The fourth-order valence-electron chi connectivity index (χ4n) is 1.56. The van der Waals surface area contributed by atoms with Gasteiger partial charge in [-0.05, 0) is 29.3 Å². The van der Waals surface area contributed by atoms with E-state index < -0.39 is 0 Å². The maximum absolute atomic E-state index is 5.71. The fourth-order valence-corrected chi connectivity index (χ4v) is 1.56. The van der Waals surface area contributed by atoms with E-state index in [2.05, 4.69) is 0 Å². The molecule has 0 aliphatic rings. The molecule has 2 heteroatoms. The van der Waals surface area contributed by atoms with Gasteiger partial charge >= 0.3 is 0 Å². The molecule has 0 aliphatic heterocycles. The van der Waals surface area contributed by atoms with Gasteiger partial charge in [0, 0.05) is 11.4 Å². The number of nitrogens with two attached hydrogens (primary N) is 2. The van der Waals surface area contributed by atoms with E-state index in [0.717, 1.165) is 11.1 Å². The zero-order valence-electron chi connectivity index (χ0n) is 8.93. The van der Waals surface area contributed by atoms with Crippen LogP contribution in [0, 0.1) is 0 Å². The summed E-state index contributed by atoms with van der Waals surface area (Å²) in [4.78, 5) is 0. The lowest BCUT2D eigenvalue weighted by Crippen LogP contribution is -1.90. The molecule has 0 aliphatic carbocycles. The second-order valence-corrected chi connectivity index (χ2v) is 3.68. The highest BCUT2D eigenvalue weighted by molar-refractivity contribution is 5.73. The lowest BCUT2D eigenvalue weighted by molar-refractivity contribution is 1.62. The predicted octanol–water partition coefficient (Wildman–Crippen LogP) is 3.02. The van der Waals surface area contributed by atoms with Crippen LogP contribution in [0.3, 0.4) is 0 Å². The molecule has 0 spiro atoms. The van der Waals surface area contributed by atoms with Crippen molar-refractivity contribution in [3.8, 4) is 0 Å². The van der Waals surface area contributed by atoms with E-state index in [1.54, 1.807) is 6.07 Å². The fraction of sp³-hybridized carbons (Fsp3) is 0. The van der Waals surface area contributed by atoms with Crippen LogP contribution in [0.15, 0.2) is 48.5 Å². The highest BCUT2D eigenvalue weighted by Gasteiger charge is 1.92. The zero-order chi connectivity index (χ0) is 11.4. The Morgan fingerprint density at radius 1 is 0.688 bits per heavy atom. The van der Waals surface area contributed by atoms with Crippen molar-refractivity contribution in [3.63, 3.8) is 0 Å². The topological polar surface area (TPSA) is 52.0 Å². The second kappa shape index (κ2) is 4.53. The summed E-state index contributed by atoms with van der Waals surface area (Å²) in [6.07, 6.45) is 4.04. The summed E-state index contributed by atoms with van der Waals surface area (Å²) < 4.78 is 0. The smallest absolute Gasteiger partial charge is 0.0340 e. The van der Waals surface area contributed by atoms with Gasteiger partial charge in [-0.25, -0.2) is 0 Å². The predicted molar refractivity (Wildman–Crippen MR) is 70.6 cm³/mol. The van der Waals surface area contributed by atoms with Gasteiger partial charge in [0.15, 0.2) is 0 Å². The number of rotatable bonds is 2. The van der Waals surface area contributed by atoms with Crippen molar-refractivity contribution >= 4 is 23.5 Å². The van der Waals surface area contributed by atoms with Crippen molar-refractivity contribution in [1.82, 2.24) is 0 Å². The van der Waals surface area contributed by atoms with Crippen LogP contribution in [0.1, 0.15) is 11.1 Å². The van der Waals surface area contributed by atoms with Gasteiger partial charge in [0.1, 0.15) is 0 Å². The van der Waals surface area contributed by atoms with Crippen LogP contribution in [0.25, 0.3) is 12.2 Å². The Kier molecular flexibility index (Phi) is 2.92. The van der Waals surface area contributed by atoms with Crippen LogP contribution in [-0.4, -0.2) is 0 Å². The zero-order valence-corrected chi connectivity index (χ0v) is 8.93. The van der Waals surface area contributed by atoms with Crippen LogP contribution in [-0.2, 0) is 0 Å². The Morgan fingerprint density at radius 3 is 1.88 bits per heavy atom. The molecule has 2 aromatic carbocycles. The van der Waals surface area contributed by atoms with Gasteiger partial charge in [-0.2, -0.15) is 0 Å². The molecule has 16 heavy (non-hydrogen) atoms. The maximum atomic E-state index is 5.71. The average Bonchev–Trinajstić information content (AvgIpc) is 2.27. The van der Waals surface area contributed by atoms with E-state index in [1.807, 2.05) is 54.6 Å². The Bertz CT molecular complexity index is 481. The molecule has 0 aromatic heterocycles. The van der Waals surface area contributed by atoms with Gasteiger partial charge in [-0.1, -0.05) is 42.5 Å². The number of hydrogen-bond acceptors (Lipinski definition) is 2. The quantitative estimate of drug-likeness (QED) is 0.591. The first kappa shape index (κ1) is 10.3. The maximum Gasteiger partial charge on any atom is 0.0340 e. The standard InChI is InChI=1S/C14H14N2/c15-13-8-12(9-14(16)10-13)7-6-11-4-2-1-3-5-11/h1-10H,15-16H2/b7-6+. The minimum Gasteiger partial charge on any atom is -0.399 e. The van der Waals surface area contributed by atoms with Crippen LogP contribution in [0.5, 0.6) is 0 Å². The summed E-state index contributed by atoms with van der Waals surface area (Å²) in [5.74, 6) is 0. The van der Waals surface area contributed by atoms with Gasteiger partial charge in [-0.3, -0.25) is 0 Å². The lowest BCUT2D eigenvalue weighted by Gasteiger charge is -1.99. The summed E-state index contributed by atoms with van der Waals surface area (Å²) >= 11 is 0. The molecule has 2 aromatic rings. The molecule has 0 heterocycles. The summed E-state index contributed by atoms with van der Waals surface area (Å²) in [5, 5.41) is 0. The molecule has 0 fully saturated rings. The third-order valence-electron chi connectivity index (χ3n) is 2.27. The highest BCUT2D eigenvalue weighted by Crippen LogP contribution is 2.16. The van der Waals surface area contributed by atoms with E-state index in [0.29, 0.717) is 11.4 Å². The van der Waals surface area contributed by atoms with Gasteiger partial charge in [0.05, 0.1) is 0 Å². The SMILES string of the molecule is Nc1cc(N)cc(/C=C/c2ccccc2)c1. The van der Waals surface area contributed by atoms with Crippen molar-refractivity contribution < 1.29 is 0 Å². The van der Waals surface area contributed by atoms with E-state index in [1.165, 1.54) is 0 Å². The Balaban J connectivity index is 2.24. The van der Waals surface area contributed by atoms with Crippen molar-refractivity contribution in [2.24, 2.45) is 0 Å². The highest BCUT2D eigenvalue weighted by atomic mass is 14.6. The van der Waals surface area contributed by atoms with Crippen LogP contribution < -0.4 is 11.5 Å². The minimum atomic E-state index is 0.688. The molecule has 4 N–H and O–H groups in total. The Morgan fingerprint density at radius 2 is 1.25 bits per heavy atom. The van der Waals surface area contributed by atoms with Crippen molar-refractivity contribution in [3.05, 3.63) is 59.7 Å². The molecule has 0 atom stereocenters. The summed E-state index contributed by atoms with van der Waals surface area (Å²) in [6.45, 7) is 0.